The highest BCUT2D eigenvalue weighted by Gasteiger charge is 2.28. The summed E-state index contributed by atoms with van der Waals surface area (Å²) in [5.41, 5.74) is -1.06. The predicted octanol–water partition coefficient (Wildman–Crippen LogP) is 1.18. The van der Waals surface area contributed by atoms with Crippen LogP contribution in [0.1, 0.15) is 34.8 Å². The number of nitrogens with zero attached hydrogens (tertiary/aromatic N) is 4. The van der Waals surface area contributed by atoms with E-state index in [1.54, 1.807) is 13.8 Å². The maximum Gasteiger partial charge on any atom is 0.361 e. The van der Waals surface area contributed by atoms with Crippen molar-refractivity contribution < 1.29 is 28.8 Å². The third-order valence-corrected chi connectivity index (χ3v) is 3.34. The zero-order valence-corrected chi connectivity index (χ0v) is 15.1. The van der Waals surface area contributed by atoms with Crippen LogP contribution in [0.4, 0.5) is 11.4 Å². The quantitative estimate of drug-likeness (QED) is 0.396. The maximum atomic E-state index is 12.3. The van der Waals surface area contributed by atoms with Gasteiger partial charge < -0.3 is 14.8 Å². The second-order valence-corrected chi connectivity index (χ2v) is 5.21. The minimum Gasteiger partial charge on any atom is -0.461 e. The summed E-state index contributed by atoms with van der Waals surface area (Å²) in [4.78, 5) is 46.8. The number of rotatable bonds is 8. The molecular formula is C16H17N5O7. The van der Waals surface area contributed by atoms with E-state index in [2.05, 4.69) is 15.6 Å². The minimum atomic E-state index is -0.908. The van der Waals surface area contributed by atoms with E-state index >= 15 is 0 Å². The number of anilines is 1. The van der Waals surface area contributed by atoms with Crippen molar-refractivity contribution in [1.29, 1.82) is 0 Å². The molecule has 1 amide bonds. The summed E-state index contributed by atoms with van der Waals surface area (Å²) in [7, 11) is 0. The fraction of sp³-hybridized carbons (Fsp3) is 0.312. The Labute approximate surface area is 158 Å². The Hall–Kier alpha value is -3.83. The molecule has 0 unspecified atom stereocenters. The standard InChI is InChI=1S/C16H17N5O7/c1-3-27-15(23)13-14(16(24)28-4-2)20(19-18-13)9-12(22)17-10-7-5-6-8-11(10)21(25)26/h5-8H,3-4,9H2,1-2H3,(H,17,22). The van der Waals surface area contributed by atoms with Crippen LogP contribution in [0.2, 0.25) is 0 Å². The Balaban J connectivity index is 2.28. The third kappa shape index (κ3) is 4.66. The van der Waals surface area contributed by atoms with Gasteiger partial charge in [0.25, 0.3) is 5.69 Å². The van der Waals surface area contributed by atoms with Crippen molar-refractivity contribution in [3.8, 4) is 0 Å². The first-order valence-corrected chi connectivity index (χ1v) is 8.20. The number of nitrogens with one attached hydrogen (secondary N) is 1. The molecule has 0 aliphatic heterocycles. The number of aromatic nitrogens is 3. The summed E-state index contributed by atoms with van der Waals surface area (Å²) in [5, 5.41) is 20.6. The van der Waals surface area contributed by atoms with Gasteiger partial charge >= 0.3 is 11.9 Å². The number of hydrogen-bond acceptors (Lipinski definition) is 9. The summed E-state index contributed by atoms with van der Waals surface area (Å²) in [6.07, 6.45) is 0. The molecule has 28 heavy (non-hydrogen) atoms. The Morgan fingerprint density at radius 2 is 1.79 bits per heavy atom. The lowest BCUT2D eigenvalue weighted by atomic mass is 10.2. The van der Waals surface area contributed by atoms with E-state index < -0.39 is 35.0 Å². The molecule has 148 valence electrons. The normalized spacial score (nSPS) is 10.2. The molecule has 0 spiro atoms. The van der Waals surface area contributed by atoms with Gasteiger partial charge in [-0.1, -0.05) is 17.3 Å². The Morgan fingerprint density at radius 3 is 2.43 bits per heavy atom. The topological polar surface area (TPSA) is 156 Å². The molecule has 1 N–H and O–H groups in total. The number of benzene rings is 1. The van der Waals surface area contributed by atoms with Crippen molar-refractivity contribution in [1.82, 2.24) is 15.0 Å². The largest absolute Gasteiger partial charge is 0.461 e. The van der Waals surface area contributed by atoms with Crippen LogP contribution in [0.5, 0.6) is 0 Å². The Kier molecular flexibility index (Phi) is 6.73. The highest BCUT2D eigenvalue weighted by atomic mass is 16.6. The number of para-hydroxylation sites is 2. The van der Waals surface area contributed by atoms with Gasteiger partial charge in [-0.25, -0.2) is 14.3 Å². The van der Waals surface area contributed by atoms with E-state index in [0.29, 0.717) is 0 Å². The zero-order valence-electron chi connectivity index (χ0n) is 15.1. The van der Waals surface area contributed by atoms with Crippen molar-refractivity contribution in [2.75, 3.05) is 18.5 Å². The van der Waals surface area contributed by atoms with Gasteiger partial charge in [0.1, 0.15) is 12.2 Å². The average molecular weight is 391 g/mol. The molecule has 0 saturated carbocycles. The molecule has 1 heterocycles. The van der Waals surface area contributed by atoms with Crippen molar-refractivity contribution in [2.24, 2.45) is 0 Å². The van der Waals surface area contributed by atoms with Gasteiger partial charge in [-0.3, -0.25) is 14.9 Å². The van der Waals surface area contributed by atoms with Crippen LogP contribution < -0.4 is 5.32 Å². The second kappa shape index (κ2) is 9.21. The SMILES string of the molecule is CCOC(=O)c1nnn(CC(=O)Nc2ccccc2[N+](=O)[O-])c1C(=O)OCC. The molecule has 0 bridgehead atoms. The van der Waals surface area contributed by atoms with Crippen molar-refractivity contribution in [3.05, 3.63) is 45.8 Å². The molecule has 0 fully saturated rings. The zero-order chi connectivity index (χ0) is 20.7. The molecule has 0 atom stereocenters. The van der Waals surface area contributed by atoms with Crippen LogP contribution in [0.3, 0.4) is 0 Å². The molecule has 0 radical (unpaired) electrons. The molecule has 12 nitrogen and oxygen atoms in total. The molecule has 1 aromatic heterocycles. The lowest BCUT2D eigenvalue weighted by Crippen LogP contribution is -2.24. The van der Waals surface area contributed by atoms with E-state index in [4.69, 9.17) is 9.47 Å². The van der Waals surface area contributed by atoms with Crippen molar-refractivity contribution in [2.45, 2.75) is 20.4 Å². The van der Waals surface area contributed by atoms with E-state index in [1.165, 1.54) is 24.3 Å². The highest BCUT2D eigenvalue weighted by molar-refractivity contribution is 6.01. The van der Waals surface area contributed by atoms with Crippen molar-refractivity contribution in [3.63, 3.8) is 0 Å². The third-order valence-electron chi connectivity index (χ3n) is 3.34. The summed E-state index contributed by atoms with van der Waals surface area (Å²) < 4.78 is 10.6. The number of esters is 2. The molecule has 0 aliphatic rings. The van der Waals surface area contributed by atoms with E-state index in [9.17, 15) is 24.5 Å². The molecule has 0 aliphatic carbocycles. The number of nitro groups is 1. The van der Waals surface area contributed by atoms with Gasteiger partial charge in [0, 0.05) is 6.07 Å². The number of ether oxygens (including phenoxy) is 2. The summed E-state index contributed by atoms with van der Waals surface area (Å²) in [5.74, 6) is -2.52. The number of carbonyl (C=O) groups excluding carboxylic acids is 3. The first kappa shape index (κ1) is 20.5. The molecule has 2 rings (SSSR count). The van der Waals surface area contributed by atoms with Crippen LogP contribution in [0.15, 0.2) is 24.3 Å². The van der Waals surface area contributed by atoms with Crippen molar-refractivity contribution >= 4 is 29.2 Å². The van der Waals surface area contributed by atoms with E-state index in [0.717, 1.165) is 4.68 Å². The Bertz CT molecular complexity index is 909. The first-order chi connectivity index (χ1) is 13.4. The molecular weight excluding hydrogens is 374 g/mol. The van der Waals surface area contributed by atoms with Crippen LogP contribution in [0, 0.1) is 10.1 Å². The van der Waals surface area contributed by atoms with Gasteiger partial charge in [-0.05, 0) is 19.9 Å². The summed E-state index contributed by atoms with van der Waals surface area (Å²) >= 11 is 0. The lowest BCUT2D eigenvalue weighted by molar-refractivity contribution is -0.383. The van der Waals surface area contributed by atoms with Crippen LogP contribution >= 0.6 is 0 Å². The molecule has 0 saturated heterocycles. The highest BCUT2D eigenvalue weighted by Crippen LogP contribution is 2.23. The van der Waals surface area contributed by atoms with Gasteiger partial charge in [0.05, 0.1) is 18.1 Å². The van der Waals surface area contributed by atoms with Gasteiger partial charge in [-0.2, -0.15) is 0 Å². The average Bonchev–Trinajstić information content (AvgIpc) is 3.06. The predicted molar refractivity (Wildman–Crippen MR) is 93.7 cm³/mol. The summed E-state index contributed by atoms with van der Waals surface area (Å²) in [6, 6.07) is 5.55. The van der Waals surface area contributed by atoms with Crippen LogP contribution in [-0.2, 0) is 20.8 Å². The van der Waals surface area contributed by atoms with E-state index in [-0.39, 0.29) is 30.3 Å². The fourth-order valence-corrected chi connectivity index (χ4v) is 2.23. The first-order valence-electron chi connectivity index (χ1n) is 8.20. The van der Waals surface area contributed by atoms with Crippen LogP contribution in [0.25, 0.3) is 0 Å². The minimum absolute atomic E-state index is 0.0225. The number of carbonyl (C=O) groups is 3. The molecule has 12 heteroatoms. The number of nitro benzene ring substituents is 1. The van der Waals surface area contributed by atoms with Gasteiger partial charge in [0.15, 0.2) is 5.69 Å². The van der Waals surface area contributed by atoms with E-state index in [1.807, 2.05) is 0 Å². The number of hydrogen-bond donors (Lipinski definition) is 1. The van der Waals surface area contributed by atoms with Gasteiger partial charge in [-0.15, -0.1) is 5.10 Å². The fourth-order valence-electron chi connectivity index (χ4n) is 2.23. The summed E-state index contributed by atoms with van der Waals surface area (Å²) in [6.45, 7) is 2.68. The van der Waals surface area contributed by atoms with Crippen LogP contribution in [-0.4, -0.2) is 51.0 Å². The smallest absolute Gasteiger partial charge is 0.361 e. The van der Waals surface area contributed by atoms with Gasteiger partial charge in [0.2, 0.25) is 11.6 Å². The Morgan fingerprint density at radius 1 is 1.14 bits per heavy atom. The monoisotopic (exact) mass is 391 g/mol. The molecule has 1 aromatic carbocycles. The number of amides is 1. The maximum absolute atomic E-state index is 12.3. The second-order valence-electron chi connectivity index (χ2n) is 5.21. The lowest BCUT2D eigenvalue weighted by Gasteiger charge is -2.08. The molecule has 2 aromatic rings.